The number of ether oxygens (including phenoxy) is 1. The van der Waals surface area contributed by atoms with E-state index in [9.17, 15) is 23.6 Å². The summed E-state index contributed by atoms with van der Waals surface area (Å²) in [5, 5.41) is 16.3. The largest absolute Gasteiger partial charge is 0.372 e. The maximum atomic E-state index is 13.7. The van der Waals surface area contributed by atoms with Crippen LogP contribution in [-0.4, -0.2) is 57.1 Å². The van der Waals surface area contributed by atoms with Crippen molar-refractivity contribution in [2.75, 3.05) is 18.5 Å². The Morgan fingerprint density at radius 1 is 1.17 bits per heavy atom. The Bertz CT molecular complexity index is 1670. The number of alkyl halides is 2. The third-order valence-electron chi connectivity index (χ3n) is 8.74. The highest BCUT2D eigenvalue weighted by molar-refractivity contribution is 6.04. The molecule has 47 heavy (non-hydrogen) atoms. The predicted molar refractivity (Wildman–Crippen MR) is 179 cm³/mol. The standard InChI is InChI=1S/C36H46F2N6O3/c1-8-47-36(6,7)19-27(20-39)33(46)43-16-10-13-28(43)22-44-30-15-14-24(21-40-23(2)35(3,4)5)17-29(30)41-34(44)42-32(45)26-12-9-11-25(18-26)31(37)38/h9,11-12,14-15,17-19,23,28,31,40H,8,10,13,16,21-22H2,1-7H3,(H,41,42,45). The Morgan fingerprint density at radius 2 is 1.91 bits per heavy atom. The Labute approximate surface area is 276 Å². The average molecular weight is 649 g/mol. The van der Waals surface area contributed by atoms with E-state index >= 15 is 0 Å². The van der Waals surface area contributed by atoms with Gasteiger partial charge in [0.25, 0.3) is 18.2 Å². The number of carbonyl (C=O) groups excluding carboxylic acids is 2. The number of nitrogens with zero attached hydrogens (tertiary/aromatic N) is 4. The van der Waals surface area contributed by atoms with Crippen molar-refractivity contribution in [3.63, 3.8) is 0 Å². The molecule has 1 fully saturated rings. The van der Waals surface area contributed by atoms with Gasteiger partial charge in [-0.3, -0.25) is 14.9 Å². The van der Waals surface area contributed by atoms with Gasteiger partial charge in [-0.15, -0.1) is 0 Å². The van der Waals surface area contributed by atoms with Crippen molar-refractivity contribution >= 4 is 28.8 Å². The Hall–Kier alpha value is -4.14. The van der Waals surface area contributed by atoms with Gasteiger partial charge in [0.15, 0.2) is 0 Å². The maximum absolute atomic E-state index is 13.7. The molecule has 0 radical (unpaired) electrons. The van der Waals surface area contributed by atoms with E-state index in [2.05, 4.69) is 44.4 Å². The summed E-state index contributed by atoms with van der Waals surface area (Å²) in [7, 11) is 0. The van der Waals surface area contributed by atoms with Crippen molar-refractivity contribution in [2.45, 2.75) is 98.5 Å². The van der Waals surface area contributed by atoms with Crippen LogP contribution in [0.4, 0.5) is 14.7 Å². The normalized spacial score (nSPS) is 16.5. The Morgan fingerprint density at radius 3 is 2.57 bits per heavy atom. The number of hydrogen-bond donors (Lipinski definition) is 2. The monoisotopic (exact) mass is 648 g/mol. The number of anilines is 1. The van der Waals surface area contributed by atoms with E-state index in [1.165, 1.54) is 24.3 Å². The summed E-state index contributed by atoms with van der Waals surface area (Å²) < 4.78 is 34.3. The maximum Gasteiger partial charge on any atom is 0.264 e. The first kappa shape index (κ1) is 35.7. The molecule has 0 aliphatic carbocycles. The number of amides is 2. The molecule has 2 amide bonds. The van der Waals surface area contributed by atoms with Crippen LogP contribution in [0.15, 0.2) is 54.1 Å². The lowest BCUT2D eigenvalue weighted by atomic mass is 9.88. The highest BCUT2D eigenvalue weighted by atomic mass is 19.3. The van der Waals surface area contributed by atoms with Gasteiger partial charge in [-0.05, 0) is 81.9 Å². The molecule has 0 spiro atoms. The Kier molecular flexibility index (Phi) is 11.2. The number of rotatable bonds is 12. The molecule has 3 aromatic rings. The molecular formula is C36H46F2N6O3. The molecule has 0 saturated carbocycles. The van der Waals surface area contributed by atoms with Crippen molar-refractivity contribution in [2.24, 2.45) is 5.41 Å². The van der Waals surface area contributed by atoms with Crippen molar-refractivity contribution < 1.29 is 23.1 Å². The molecular weight excluding hydrogens is 602 g/mol. The van der Waals surface area contributed by atoms with Crippen molar-refractivity contribution in [3.8, 4) is 6.07 Å². The zero-order chi connectivity index (χ0) is 34.5. The number of nitriles is 1. The minimum Gasteiger partial charge on any atom is -0.372 e. The summed E-state index contributed by atoms with van der Waals surface area (Å²) in [5.74, 6) is -0.700. The fraction of sp³-hybridized carbons (Fsp3) is 0.500. The molecule has 252 valence electrons. The molecule has 2 atom stereocenters. The molecule has 4 rings (SSSR count). The zero-order valence-corrected chi connectivity index (χ0v) is 28.4. The second-order valence-corrected chi connectivity index (χ2v) is 13.7. The molecule has 11 heteroatoms. The molecule has 2 unspecified atom stereocenters. The molecule has 2 N–H and O–H groups in total. The first-order valence-electron chi connectivity index (χ1n) is 16.1. The predicted octanol–water partition coefficient (Wildman–Crippen LogP) is 7.01. The first-order valence-corrected chi connectivity index (χ1v) is 16.1. The summed E-state index contributed by atoms with van der Waals surface area (Å²) in [4.78, 5) is 33.5. The number of benzene rings is 2. The fourth-order valence-electron chi connectivity index (χ4n) is 5.69. The molecule has 1 aliphatic heterocycles. The highest BCUT2D eigenvalue weighted by Gasteiger charge is 2.33. The number of imidazole rings is 1. The van der Waals surface area contributed by atoms with Crippen molar-refractivity contribution in [1.82, 2.24) is 19.8 Å². The van der Waals surface area contributed by atoms with Gasteiger partial charge in [0.2, 0.25) is 5.95 Å². The lowest BCUT2D eigenvalue weighted by Crippen LogP contribution is -2.39. The quantitative estimate of drug-likeness (QED) is 0.162. The van der Waals surface area contributed by atoms with E-state index < -0.39 is 17.9 Å². The van der Waals surface area contributed by atoms with Crippen LogP contribution in [0, 0.1) is 16.7 Å². The third-order valence-corrected chi connectivity index (χ3v) is 8.74. The molecule has 1 aliphatic rings. The fourth-order valence-corrected chi connectivity index (χ4v) is 5.69. The zero-order valence-electron chi connectivity index (χ0n) is 28.4. The van der Waals surface area contributed by atoms with Crippen LogP contribution in [0.25, 0.3) is 11.0 Å². The van der Waals surface area contributed by atoms with E-state index in [1.54, 1.807) is 24.8 Å². The van der Waals surface area contributed by atoms with Gasteiger partial charge in [-0.2, -0.15) is 5.26 Å². The van der Waals surface area contributed by atoms with Crippen LogP contribution in [0.2, 0.25) is 0 Å². The van der Waals surface area contributed by atoms with Crippen molar-refractivity contribution in [3.05, 3.63) is 70.8 Å². The second kappa shape index (κ2) is 14.7. The number of hydrogen-bond acceptors (Lipinski definition) is 6. The summed E-state index contributed by atoms with van der Waals surface area (Å²) in [6.45, 7) is 16.0. The summed E-state index contributed by atoms with van der Waals surface area (Å²) >= 11 is 0. The van der Waals surface area contributed by atoms with E-state index in [0.717, 1.165) is 17.5 Å². The number of carbonyl (C=O) groups is 2. The summed E-state index contributed by atoms with van der Waals surface area (Å²) in [6, 6.07) is 13.3. The lowest BCUT2D eigenvalue weighted by molar-refractivity contribution is -0.127. The van der Waals surface area contributed by atoms with E-state index in [4.69, 9.17) is 9.72 Å². The first-order chi connectivity index (χ1) is 22.1. The van der Waals surface area contributed by atoms with Crippen LogP contribution in [0.3, 0.4) is 0 Å². The van der Waals surface area contributed by atoms with E-state index in [0.29, 0.717) is 38.2 Å². The topological polar surface area (TPSA) is 112 Å². The number of aromatic nitrogens is 2. The van der Waals surface area contributed by atoms with Gasteiger partial charge in [0.1, 0.15) is 11.6 Å². The molecule has 0 bridgehead atoms. The number of halogens is 2. The number of nitrogens with one attached hydrogen (secondary N) is 2. The van der Waals surface area contributed by atoms with Gasteiger partial charge in [-0.1, -0.05) is 39.0 Å². The molecule has 2 heterocycles. The van der Waals surface area contributed by atoms with Crippen LogP contribution in [0.5, 0.6) is 0 Å². The number of fused-ring (bicyclic) bond motifs is 1. The van der Waals surface area contributed by atoms with Crippen molar-refractivity contribution in [1.29, 1.82) is 5.26 Å². The van der Waals surface area contributed by atoms with Gasteiger partial charge in [0, 0.05) is 43.4 Å². The van der Waals surface area contributed by atoms with E-state index in [-0.39, 0.29) is 46.1 Å². The SMILES string of the molecule is CCOC(C)(C)C=C(C#N)C(=O)N1CCCC1Cn1c(NC(=O)c2cccc(C(F)F)c2)nc2cc(CNC(C)C(C)(C)C)ccc21. The molecule has 2 aromatic carbocycles. The van der Waals surface area contributed by atoms with Gasteiger partial charge in [-0.25, -0.2) is 13.8 Å². The Balaban J connectivity index is 1.68. The van der Waals surface area contributed by atoms with Crippen LogP contribution >= 0.6 is 0 Å². The molecule has 1 saturated heterocycles. The summed E-state index contributed by atoms with van der Waals surface area (Å²) in [6.07, 6.45) is 0.296. The number of likely N-dealkylation sites (tertiary alicyclic amines) is 1. The van der Waals surface area contributed by atoms with Gasteiger partial charge < -0.3 is 19.5 Å². The van der Waals surface area contributed by atoms with Gasteiger partial charge in [0.05, 0.1) is 22.7 Å². The average Bonchev–Trinajstić information content (AvgIpc) is 3.62. The highest BCUT2D eigenvalue weighted by Crippen LogP contribution is 2.29. The molecule has 1 aromatic heterocycles. The van der Waals surface area contributed by atoms with Crippen LogP contribution < -0.4 is 10.6 Å². The molecule has 9 nitrogen and oxygen atoms in total. The van der Waals surface area contributed by atoms with Crippen LogP contribution in [0.1, 0.15) is 89.2 Å². The summed E-state index contributed by atoms with van der Waals surface area (Å²) in [5.41, 5.74) is 1.55. The second-order valence-electron chi connectivity index (χ2n) is 13.7. The van der Waals surface area contributed by atoms with Gasteiger partial charge >= 0.3 is 0 Å². The lowest BCUT2D eigenvalue weighted by Gasteiger charge is -2.28. The minimum atomic E-state index is -2.71. The van der Waals surface area contributed by atoms with E-state index in [1.807, 2.05) is 29.7 Å². The minimum absolute atomic E-state index is 0.0138. The smallest absolute Gasteiger partial charge is 0.264 e. The third kappa shape index (κ3) is 8.82. The van der Waals surface area contributed by atoms with Crippen LogP contribution in [-0.2, 0) is 22.6 Å².